The van der Waals surface area contributed by atoms with Crippen molar-refractivity contribution >= 4 is 11.8 Å². The summed E-state index contributed by atoms with van der Waals surface area (Å²) in [7, 11) is 1.98. The molecule has 0 saturated carbocycles. The minimum atomic E-state index is -1.10. The van der Waals surface area contributed by atoms with E-state index in [9.17, 15) is 4.79 Å². The smallest absolute Gasteiger partial charge is 0.358 e. The normalized spacial score (nSPS) is 14.4. The Balaban J connectivity index is 2.07. The third-order valence-corrected chi connectivity index (χ3v) is 3.22. The first-order chi connectivity index (χ1) is 9.66. The highest BCUT2D eigenvalue weighted by molar-refractivity contribution is 6.04. The minimum Gasteiger partial charge on any atom is -0.476 e. The molecular formula is C14H13N3O3. The number of aromatic carboxylic acids is 1. The van der Waals surface area contributed by atoms with E-state index in [0.717, 1.165) is 30.1 Å². The molecule has 0 amide bonds. The predicted octanol–water partition coefficient (Wildman–Crippen LogP) is 1.73. The molecule has 1 aromatic heterocycles. The molecule has 0 spiro atoms. The van der Waals surface area contributed by atoms with Crippen LogP contribution in [0.2, 0.25) is 0 Å². The molecule has 2 aromatic rings. The van der Waals surface area contributed by atoms with Crippen molar-refractivity contribution in [1.82, 2.24) is 10.1 Å². The number of likely N-dealkylation sites (N-methyl/N-ethyl adjacent to an activating group) is 1. The van der Waals surface area contributed by atoms with Gasteiger partial charge in [-0.1, -0.05) is 29.4 Å². The van der Waals surface area contributed by atoms with Gasteiger partial charge in [0, 0.05) is 30.8 Å². The first-order valence-electron chi connectivity index (χ1n) is 6.22. The van der Waals surface area contributed by atoms with E-state index in [1.807, 2.05) is 31.3 Å². The van der Waals surface area contributed by atoms with Crippen LogP contribution in [0.1, 0.15) is 16.1 Å². The van der Waals surface area contributed by atoms with E-state index in [1.165, 1.54) is 6.07 Å². The van der Waals surface area contributed by atoms with Crippen molar-refractivity contribution in [2.24, 2.45) is 4.99 Å². The Hall–Kier alpha value is -2.63. The Bertz CT molecular complexity index is 690. The molecule has 0 bridgehead atoms. The maximum Gasteiger partial charge on any atom is 0.358 e. The number of aromatic nitrogens is 1. The molecule has 1 N–H and O–H groups in total. The molecule has 0 aliphatic carbocycles. The number of hydrogen-bond acceptors (Lipinski definition) is 5. The van der Waals surface area contributed by atoms with Crippen LogP contribution in [0.15, 0.2) is 39.8 Å². The molecule has 0 unspecified atom stereocenters. The summed E-state index contributed by atoms with van der Waals surface area (Å²) in [6, 6.07) is 9.03. The van der Waals surface area contributed by atoms with Crippen LogP contribution in [0, 0.1) is 0 Å². The fraction of sp³-hybridized carbons (Fsp3) is 0.214. The van der Waals surface area contributed by atoms with E-state index in [2.05, 4.69) is 15.0 Å². The van der Waals surface area contributed by atoms with Crippen LogP contribution in [0.4, 0.5) is 0 Å². The Morgan fingerprint density at radius 2 is 2.10 bits per heavy atom. The van der Waals surface area contributed by atoms with Gasteiger partial charge in [-0.2, -0.15) is 0 Å². The lowest BCUT2D eigenvalue weighted by atomic mass is 10.0. The largest absolute Gasteiger partial charge is 0.476 e. The van der Waals surface area contributed by atoms with E-state index in [-0.39, 0.29) is 5.69 Å². The molecule has 0 atom stereocenters. The van der Waals surface area contributed by atoms with Gasteiger partial charge in [0.05, 0.1) is 6.54 Å². The van der Waals surface area contributed by atoms with Crippen molar-refractivity contribution < 1.29 is 14.4 Å². The summed E-state index contributed by atoms with van der Waals surface area (Å²) in [6.45, 7) is 1.64. The van der Waals surface area contributed by atoms with Crippen LogP contribution in [0.3, 0.4) is 0 Å². The molecule has 6 heteroatoms. The first-order valence-corrected chi connectivity index (χ1v) is 6.22. The molecule has 6 nitrogen and oxygen atoms in total. The van der Waals surface area contributed by atoms with Crippen LogP contribution in [-0.4, -0.2) is 47.1 Å². The van der Waals surface area contributed by atoms with Gasteiger partial charge in [-0.25, -0.2) is 4.79 Å². The van der Waals surface area contributed by atoms with Gasteiger partial charge < -0.3 is 14.5 Å². The van der Waals surface area contributed by atoms with Gasteiger partial charge in [0.1, 0.15) is 5.84 Å². The van der Waals surface area contributed by atoms with Gasteiger partial charge in [0.2, 0.25) is 0 Å². The minimum absolute atomic E-state index is 0.100. The monoisotopic (exact) mass is 271 g/mol. The van der Waals surface area contributed by atoms with Gasteiger partial charge in [-0.15, -0.1) is 0 Å². The van der Waals surface area contributed by atoms with E-state index in [4.69, 9.17) is 9.63 Å². The number of carbonyl (C=O) groups is 1. The highest BCUT2D eigenvalue weighted by Crippen LogP contribution is 2.26. The van der Waals surface area contributed by atoms with Crippen molar-refractivity contribution in [3.05, 3.63) is 41.6 Å². The van der Waals surface area contributed by atoms with Crippen LogP contribution in [0.5, 0.6) is 0 Å². The Morgan fingerprint density at radius 3 is 2.70 bits per heavy atom. The number of hydrogen-bond donors (Lipinski definition) is 1. The lowest BCUT2D eigenvalue weighted by Crippen LogP contribution is -2.23. The molecule has 102 valence electrons. The second-order valence-electron chi connectivity index (χ2n) is 4.55. The lowest BCUT2D eigenvalue weighted by molar-refractivity contribution is 0.0686. The summed E-state index contributed by atoms with van der Waals surface area (Å²) in [4.78, 5) is 17.4. The molecule has 1 aliphatic heterocycles. The number of benzene rings is 1. The molecular weight excluding hydrogens is 258 g/mol. The number of carboxylic acids is 1. The number of amidine groups is 1. The second kappa shape index (κ2) is 4.80. The molecule has 0 saturated heterocycles. The van der Waals surface area contributed by atoms with Crippen molar-refractivity contribution in [3.8, 4) is 11.3 Å². The van der Waals surface area contributed by atoms with Crippen LogP contribution < -0.4 is 0 Å². The second-order valence-corrected chi connectivity index (χ2v) is 4.55. The average Bonchev–Trinajstić information content (AvgIpc) is 3.07. The van der Waals surface area contributed by atoms with Gasteiger partial charge >= 0.3 is 5.97 Å². The molecule has 0 radical (unpaired) electrons. The molecule has 20 heavy (non-hydrogen) atoms. The third-order valence-electron chi connectivity index (χ3n) is 3.22. The number of rotatable bonds is 3. The first kappa shape index (κ1) is 12.4. The number of aliphatic imine (C=N–C) groups is 1. The summed E-state index contributed by atoms with van der Waals surface area (Å²) in [5.74, 6) is 0.211. The van der Waals surface area contributed by atoms with Crippen molar-refractivity contribution in [2.45, 2.75) is 0 Å². The van der Waals surface area contributed by atoms with E-state index in [0.29, 0.717) is 5.76 Å². The zero-order valence-corrected chi connectivity index (χ0v) is 10.9. The highest BCUT2D eigenvalue weighted by atomic mass is 16.5. The lowest BCUT2D eigenvalue weighted by Gasteiger charge is -2.15. The molecule has 1 aromatic carbocycles. The standard InChI is InChI=1S/C14H13N3O3/c1-17-7-6-15-13(17)10-5-3-2-4-9(10)12-8-11(14(18)19)16-20-12/h2-5,8H,6-7H2,1H3,(H,18,19). The predicted molar refractivity (Wildman–Crippen MR) is 72.9 cm³/mol. The Kier molecular flexibility index (Phi) is 2.98. The highest BCUT2D eigenvalue weighted by Gasteiger charge is 2.21. The third kappa shape index (κ3) is 2.05. The fourth-order valence-electron chi connectivity index (χ4n) is 2.22. The van der Waals surface area contributed by atoms with E-state index >= 15 is 0 Å². The fourth-order valence-corrected chi connectivity index (χ4v) is 2.22. The molecule has 0 fully saturated rings. The summed E-state index contributed by atoms with van der Waals surface area (Å²) >= 11 is 0. The zero-order valence-electron chi connectivity index (χ0n) is 10.9. The van der Waals surface area contributed by atoms with E-state index in [1.54, 1.807) is 0 Å². The van der Waals surface area contributed by atoms with Crippen LogP contribution in [0.25, 0.3) is 11.3 Å². The molecule has 1 aliphatic rings. The summed E-state index contributed by atoms with van der Waals surface area (Å²) in [6.07, 6.45) is 0. The molecule has 2 heterocycles. The van der Waals surface area contributed by atoms with Crippen LogP contribution >= 0.6 is 0 Å². The van der Waals surface area contributed by atoms with Gasteiger partial charge in [-0.05, 0) is 0 Å². The summed E-state index contributed by atoms with van der Waals surface area (Å²) < 4.78 is 5.14. The Morgan fingerprint density at radius 1 is 1.35 bits per heavy atom. The zero-order chi connectivity index (χ0) is 14.1. The van der Waals surface area contributed by atoms with Crippen molar-refractivity contribution in [3.63, 3.8) is 0 Å². The quantitative estimate of drug-likeness (QED) is 0.919. The summed E-state index contributed by atoms with van der Waals surface area (Å²) in [5.41, 5.74) is 1.61. The van der Waals surface area contributed by atoms with Gasteiger partial charge in [0.15, 0.2) is 11.5 Å². The van der Waals surface area contributed by atoms with E-state index < -0.39 is 5.97 Å². The van der Waals surface area contributed by atoms with Gasteiger partial charge in [0.25, 0.3) is 0 Å². The SMILES string of the molecule is CN1CCN=C1c1ccccc1-c1cc(C(=O)O)no1. The topological polar surface area (TPSA) is 78.9 Å². The van der Waals surface area contributed by atoms with Crippen molar-refractivity contribution in [1.29, 1.82) is 0 Å². The Labute approximate surface area is 115 Å². The maximum atomic E-state index is 10.9. The number of carboxylic acid groups (broad SMARTS) is 1. The van der Waals surface area contributed by atoms with Crippen molar-refractivity contribution in [2.75, 3.05) is 20.1 Å². The number of nitrogens with zero attached hydrogens (tertiary/aromatic N) is 3. The summed E-state index contributed by atoms with van der Waals surface area (Å²) in [5, 5.41) is 12.5. The average molecular weight is 271 g/mol. The molecule has 3 rings (SSSR count). The maximum absolute atomic E-state index is 10.9. The van der Waals surface area contributed by atoms with Gasteiger partial charge in [-0.3, -0.25) is 4.99 Å². The van der Waals surface area contributed by atoms with Crippen LogP contribution in [-0.2, 0) is 0 Å².